The summed E-state index contributed by atoms with van der Waals surface area (Å²) in [7, 11) is 1.66. The summed E-state index contributed by atoms with van der Waals surface area (Å²) in [5.74, 6) is 3.10. The van der Waals surface area contributed by atoms with Crippen LogP contribution in [0.4, 0.5) is 0 Å². The average molecular weight is 534 g/mol. The Hall–Kier alpha value is -2.45. The van der Waals surface area contributed by atoms with Gasteiger partial charge in [-0.1, -0.05) is 36.2 Å². The molecule has 0 amide bonds. The zero-order valence-corrected chi connectivity index (χ0v) is 22.3. The van der Waals surface area contributed by atoms with Crippen LogP contribution in [0.2, 0.25) is 10.0 Å². The monoisotopic (exact) mass is 533 g/mol. The number of likely N-dealkylation sites (tertiary alicyclic amines) is 1. The van der Waals surface area contributed by atoms with Gasteiger partial charge in [-0.15, -0.1) is 0 Å². The van der Waals surface area contributed by atoms with E-state index in [0.29, 0.717) is 35.2 Å². The Morgan fingerprint density at radius 1 is 1.03 bits per heavy atom. The fourth-order valence-electron chi connectivity index (χ4n) is 4.36. The number of nitrogens with zero attached hydrogens (tertiary/aromatic N) is 3. The highest BCUT2D eigenvalue weighted by Gasteiger charge is 2.33. The van der Waals surface area contributed by atoms with Crippen LogP contribution in [0.5, 0.6) is 17.2 Å². The molecule has 1 aliphatic rings. The maximum Gasteiger partial charge on any atom is 0.161 e. The number of halogens is 2. The summed E-state index contributed by atoms with van der Waals surface area (Å²) >= 11 is 12.0. The Labute approximate surface area is 222 Å². The van der Waals surface area contributed by atoms with Crippen LogP contribution in [0.25, 0.3) is 0 Å². The molecule has 4 rings (SSSR count). The molecule has 9 heteroatoms. The zero-order valence-electron chi connectivity index (χ0n) is 20.8. The lowest BCUT2D eigenvalue weighted by molar-refractivity contribution is -0.0537. The molecule has 0 unspecified atom stereocenters. The summed E-state index contributed by atoms with van der Waals surface area (Å²) in [4.78, 5) is 6.67. The third-order valence-corrected chi connectivity index (χ3v) is 7.27. The van der Waals surface area contributed by atoms with Crippen LogP contribution in [0.15, 0.2) is 48.8 Å². The second-order valence-electron chi connectivity index (χ2n) is 9.09. The van der Waals surface area contributed by atoms with E-state index >= 15 is 0 Å². The molecule has 1 aromatic heterocycles. The zero-order chi connectivity index (χ0) is 25.5. The molecule has 194 valence electrons. The summed E-state index contributed by atoms with van der Waals surface area (Å²) in [6.07, 6.45) is 5.93. The van der Waals surface area contributed by atoms with E-state index in [1.807, 2.05) is 24.5 Å². The summed E-state index contributed by atoms with van der Waals surface area (Å²) in [6.45, 7) is 5.90. The van der Waals surface area contributed by atoms with Crippen molar-refractivity contribution in [2.24, 2.45) is 0 Å². The van der Waals surface area contributed by atoms with Crippen molar-refractivity contribution in [3.8, 4) is 17.2 Å². The maximum absolute atomic E-state index is 11.0. The number of aliphatic hydroxyl groups is 1. The molecular formula is C27H33Cl2N3O4. The van der Waals surface area contributed by atoms with Crippen molar-refractivity contribution < 1.29 is 19.3 Å². The molecule has 2 heterocycles. The van der Waals surface area contributed by atoms with Gasteiger partial charge in [0.1, 0.15) is 30.4 Å². The Morgan fingerprint density at radius 2 is 1.83 bits per heavy atom. The molecule has 1 N–H and O–H groups in total. The van der Waals surface area contributed by atoms with Gasteiger partial charge in [0, 0.05) is 44.5 Å². The van der Waals surface area contributed by atoms with E-state index in [1.165, 1.54) is 0 Å². The molecule has 7 nitrogen and oxygen atoms in total. The van der Waals surface area contributed by atoms with Crippen LogP contribution in [0.3, 0.4) is 0 Å². The molecule has 0 radical (unpaired) electrons. The van der Waals surface area contributed by atoms with Crippen LogP contribution < -0.4 is 14.2 Å². The minimum atomic E-state index is -0.870. The van der Waals surface area contributed by atoms with Gasteiger partial charge in [0.25, 0.3) is 0 Å². The van der Waals surface area contributed by atoms with E-state index in [0.717, 1.165) is 55.5 Å². The minimum absolute atomic E-state index is 0.220. The lowest BCUT2D eigenvalue weighted by Crippen LogP contribution is -2.47. The van der Waals surface area contributed by atoms with E-state index in [9.17, 15) is 5.11 Å². The molecule has 1 saturated heterocycles. The Bertz CT molecular complexity index is 1150. The second kappa shape index (κ2) is 12.2. The molecule has 0 spiro atoms. The van der Waals surface area contributed by atoms with Crippen molar-refractivity contribution in [3.05, 3.63) is 70.2 Å². The second-order valence-corrected chi connectivity index (χ2v) is 9.90. The van der Waals surface area contributed by atoms with E-state index in [4.69, 9.17) is 37.4 Å². The number of ether oxygens (including phenoxy) is 3. The number of hydrogen-bond acceptors (Lipinski definition) is 6. The normalized spacial score (nSPS) is 15.6. The average Bonchev–Trinajstić information content (AvgIpc) is 3.34. The largest absolute Gasteiger partial charge is 0.493 e. The molecule has 1 fully saturated rings. The van der Waals surface area contributed by atoms with Crippen molar-refractivity contribution in [2.45, 2.75) is 44.9 Å². The number of methoxy groups -OCH3 is 1. The number of imidazole rings is 1. The fraction of sp³-hybridized carbons (Fsp3) is 0.444. The first kappa shape index (κ1) is 26.6. The standard InChI is InChI=1S/C27H33Cl2N3O4/c1-3-26-30-10-13-32(26)14-15-35-24-7-4-20(16-25(24)34-2)18-31-11-8-27(33,9-12-31)19-36-21-5-6-22(28)23(29)17-21/h4-7,10,13,16-17,33H,3,8-9,11-12,14-15,18-19H2,1-2H3. The SMILES string of the molecule is CCc1nccn1CCOc1ccc(CN2CCC(O)(COc3ccc(Cl)c(Cl)c3)CC2)cc1OC. The Balaban J connectivity index is 1.26. The number of hydrogen-bond donors (Lipinski definition) is 1. The summed E-state index contributed by atoms with van der Waals surface area (Å²) in [5, 5.41) is 11.9. The smallest absolute Gasteiger partial charge is 0.161 e. The van der Waals surface area contributed by atoms with Gasteiger partial charge in [-0.25, -0.2) is 4.98 Å². The van der Waals surface area contributed by atoms with Gasteiger partial charge < -0.3 is 23.9 Å². The van der Waals surface area contributed by atoms with Crippen LogP contribution in [0, 0.1) is 0 Å². The van der Waals surface area contributed by atoms with Crippen molar-refractivity contribution in [1.82, 2.24) is 14.5 Å². The van der Waals surface area contributed by atoms with Crippen molar-refractivity contribution in [3.63, 3.8) is 0 Å². The molecule has 0 atom stereocenters. The van der Waals surface area contributed by atoms with Gasteiger partial charge in [-0.3, -0.25) is 4.90 Å². The molecule has 1 aliphatic heterocycles. The predicted molar refractivity (Wildman–Crippen MR) is 142 cm³/mol. The first-order chi connectivity index (χ1) is 17.4. The van der Waals surface area contributed by atoms with Crippen LogP contribution in [-0.2, 0) is 19.5 Å². The summed E-state index contributed by atoms with van der Waals surface area (Å²) < 4.78 is 19.5. The molecule has 2 aromatic carbocycles. The van der Waals surface area contributed by atoms with Gasteiger partial charge in [0.05, 0.1) is 23.7 Å². The number of benzene rings is 2. The van der Waals surface area contributed by atoms with Crippen LogP contribution in [-0.4, -0.2) is 58.6 Å². The van der Waals surface area contributed by atoms with E-state index in [-0.39, 0.29) is 6.61 Å². The molecule has 3 aromatic rings. The van der Waals surface area contributed by atoms with E-state index < -0.39 is 5.60 Å². The van der Waals surface area contributed by atoms with Gasteiger partial charge in [0.2, 0.25) is 0 Å². The number of rotatable bonds is 11. The highest BCUT2D eigenvalue weighted by atomic mass is 35.5. The number of aryl methyl sites for hydroxylation is 1. The maximum atomic E-state index is 11.0. The molecule has 0 saturated carbocycles. The molecule has 36 heavy (non-hydrogen) atoms. The topological polar surface area (TPSA) is 69.0 Å². The van der Waals surface area contributed by atoms with Gasteiger partial charge >= 0.3 is 0 Å². The van der Waals surface area contributed by atoms with Crippen LogP contribution >= 0.6 is 23.2 Å². The van der Waals surface area contributed by atoms with Gasteiger partial charge in [-0.05, 0) is 42.7 Å². The minimum Gasteiger partial charge on any atom is -0.493 e. The van der Waals surface area contributed by atoms with Crippen molar-refractivity contribution >= 4 is 23.2 Å². The van der Waals surface area contributed by atoms with E-state index in [1.54, 1.807) is 25.3 Å². The lowest BCUT2D eigenvalue weighted by Gasteiger charge is -2.38. The lowest BCUT2D eigenvalue weighted by atomic mass is 9.92. The third kappa shape index (κ3) is 6.85. The van der Waals surface area contributed by atoms with E-state index in [2.05, 4.69) is 27.4 Å². The van der Waals surface area contributed by atoms with Gasteiger partial charge in [-0.2, -0.15) is 0 Å². The Kier molecular flexibility index (Phi) is 9.01. The first-order valence-corrected chi connectivity index (χ1v) is 13.0. The van der Waals surface area contributed by atoms with Gasteiger partial charge in [0.15, 0.2) is 11.5 Å². The van der Waals surface area contributed by atoms with Crippen molar-refractivity contribution in [2.75, 3.05) is 33.4 Å². The Morgan fingerprint density at radius 3 is 2.56 bits per heavy atom. The third-order valence-electron chi connectivity index (χ3n) is 6.53. The van der Waals surface area contributed by atoms with Crippen LogP contribution in [0.1, 0.15) is 31.2 Å². The number of piperidine rings is 1. The summed E-state index contributed by atoms with van der Waals surface area (Å²) in [5.41, 5.74) is 0.268. The fourth-order valence-corrected chi connectivity index (χ4v) is 4.64. The highest BCUT2D eigenvalue weighted by Crippen LogP contribution is 2.31. The highest BCUT2D eigenvalue weighted by molar-refractivity contribution is 6.42. The predicted octanol–water partition coefficient (Wildman–Crippen LogP) is 5.25. The molecular weight excluding hydrogens is 501 g/mol. The van der Waals surface area contributed by atoms with Crippen molar-refractivity contribution in [1.29, 1.82) is 0 Å². The summed E-state index contributed by atoms with van der Waals surface area (Å²) in [6, 6.07) is 11.2. The quantitative estimate of drug-likeness (QED) is 0.363. The first-order valence-electron chi connectivity index (χ1n) is 12.2. The number of aromatic nitrogens is 2. The molecule has 0 bridgehead atoms. The molecule has 0 aliphatic carbocycles.